The lowest BCUT2D eigenvalue weighted by Crippen LogP contribution is -2.42. The van der Waals surface area contributed by atoms with E-state index in [0.717, 1.165) is 31.6 Å². The molecule has 0 radical (unpaired) electrons. The van der Waals surface area contributed by atoms with Crippen LogP contribution < -0.4 is 10.6 Å². The second-order valence-corrected chi connectivity index (χ2v) is 5.93. The molecule has 0 aromatic heterocycles. The van der Waals surface area contributed by atoms with Crippen molar-refractivity contribution in [1.29, 1.82) is 0 Å². The molecule has 1 heterocycles. The van der Waals surface area contributed by atoms with E-state index in [1.807, 2.05) is 30.1 Å². The van der Waals surface area contributed by atoms with E-state index in [4.69, 9.17) is 0 Å². The molecule has 4 nitrogen and oxygen atoms in total. The van der Waals surface area contributed by atoms with Gasteiger partial charge in [0.25, 0.3) is 0 Å². The molecule has 21 heavy (non-hydrogen) atoms. The number of hydrogen-bond acceptors (Lipinski definition) is 2. The molecule has 2 rings (SSSR count). The average molecular weight is 289 g/mol. The molecule has 1 aromatic rings. The summed E-state index contributed by atoms with van der Waals surface area (Å²) in [6.07, 6.45) is 3.51. The maximum absolute atomic E-state index is 12.4. The van der Waals surface area contributed by atoms with E-state index < -0.39 is 0 Å². The molecule has 2 amide bonds. The molecule has 1 aliphatic heterocycles. The van der Waals surface area contributed by atoms with Crippen molar-refractivity contribution in [2.45, 2.75) is 39.2 Å². The smallest absolute Gasteiger partial charge is 0.321 e. The number of amides is 2. The van der Waals surface area contributed by atoms with E-state index >= 15 is 0 Å². The largest absolute Gasteiger partial charge is 0.324 e. The Morgan fingerprint density at radius 3 is 3.00 bits per heavy atom. The summed E-state index contributed by atoms with van der Waals surface area (Å²) in [7, 11) is 1.94. The minimum absolute atomic E-state index is 0.0300. The SMILES string of the molecule is CCC1CCCN(C(=O)Nc2cccc(C(C)NC)c2)C1. The predicted octanol–water partition coefficient (Wildman–Crippen LogP) is 3.62. The van der Waals surface area contributed by atoms with Gasteiger partial charge in [0.2, 0.25) is 0 Å². The van der Waals surface area contributed by atoms with Crippen LogP contribution in [-0.2, 0) is 0 Å². The maximum Gasteiger partial charge on any atom is 0.321 e. The zero-order chi connectivity index (χ0) is 15.2. The summed E-state index contributed by atoms with van der Waals surface area (Å²) in [6, 6.07) is 8.36. The summed E-state index contributed by atoms with van der Waals surface area (Å²) in [5, 5.41) is 6.25. The Hall–Kier alpha value is -1.55. The van der Waals surface area contributed by atoms with E-state index in [1.165, 1.54) is 12.0 Å². The highest BCUT2D eigenvalue weighted by Gasteiger charge is 2.22. The van der Waals surface area contributed by atoms with Gasteiger partial charge in [-0.1, -0.05) is 25.5 Å². The first-order chi connectivity index (χ1) is 10.1. The van der Waals surface area contributed by atoms with Crippen molar-refractivity contribution in [2.75, 3.05) is 25.5 Å². The zero-order valence-electron chi connectivity index (χ0n) is 13.4. The Bertz CT molecular complexity index is 475. The Balaban J connectivity index is 1.99. The Kier molecular flexibility index (Phi) is 5.62. The molecule has 4 heteroatoms. The number of nitrogens with zero attached hydrogens (tertiary/aromatic N) is 1. The predicted molar refractivity (Wildman–Crippen MR) is 87.5 cm³/mol. The normalized spacial score (nSPS) is 20.1. The molecular weight excluding hydrogens is 262 g/mol. The second kappa shape index (κ2) is 7.46. The lowest BCUT2D eigenvalue weighted by molar-refractivity contribution is 0.176. The number of nitrogens with one attached hydrogen (secondary N) is 2. The fourth-order valence-corrected chi connectivity index (χ4v) is 2.84. The average Bonchev–Trinajstić information content (AvgIpc) is 2.54. The standard InChI is InChI=1S/C17H27N3O/c1-4-14-7-6-10-20(12-14)17(21)19-16-9-5-8-15(11-16)13(2)18-3/h5,8-9,11,13-14,18H,4,6-7,10,12H2,1-3H3,(H,19,21). The van der Waals surface area contributed by atoms with Crippen LogP contribution in [0, 0.1) is 5.92 Å². The Morgan fingerprint density at radius 2 is 2.29 bits per heavy atom. The summed E-state index contributed by atoms with van der Waals surface area (Å²) < 4.78 is 0. The molecule has 2 N–H and O–H groups in total. The van der Waals surface area contributed by atoms with Gasteiger partial charge in [-0.05, 0) is 50.4 Å². The van der Waals surface area contributed by atoms with Crippen LogP contribution in [0.1, 0.15) is 44.7 Å². The molecule has 2 unspecified atom stereocenters. The van der Waals surface area contributed by atoms with Crippen molar-refractivity contribution >= 4 is 11.7 Å². The van der Waals surface area contributed by atoms with Crippen molar-refractivity contribution in [3.63, 3.8) is 0 Å². The summed E-state index contributed by atoms with van der Waals surface area (Å²) >= 11 is 0. The minimum atomic E-state index is 0.0300. The molecular formula is C17H27N3O. The number of piperidine rings is 1. The third kappa shape index (κ3) is 4.21. The molecule has 1 aromatic carbocycles. The summed E-state index contributed by atoms with van der Waals surface area (Å²) in [5.74, 6) is 0.653. The highest BCUT2D eigenvalue weighted by Crippen LogP contribution is 2.21. The van der Waals surface area contributed by atoms with Gasteiger partial charge in [0.05, 0.1) is 0 Å². The molecule has 0 bridgehead atoms. The van der Waals surface area contributed by atoms with Crippen LogP contribution in [0.15, 0.2) is 24.3 Å². The zero-order valence-corrected chi connectivity index (χ0v) is 13.4. The van der Waals surface area contributed by atoms with Crippen LogP contribution in [0.5, 0.6) is 0 Å². The second-order valence-electron chi connectivity index (χ2n) is 5.93. The monoisotopic (exact) mass is 289 g/mol. The Labute approximate surface area is 127 Å². The van der Waals surface area contributed by atoms with Crippen molar-refractivity contribution < 1.29 is 4.79 Å². The lowest BCUT2D eigenvalue weighted by Gasteiger charge is -2.32. The fourth-order valence-electron chi connectivity index (χ4n) is 2.84. The van der Waals surface area contributed by atoms with Crippen molar-refractivity contribution in [3.8, 4) is 0 Å². The molecule has 0 aliphatic carbocycles. The van der Waals surface area contributed by atoms with Gasteiger partial charge in [-0.25, -0.2) is 4.79 Å². The van der Waals surface area contributed by atoms with Crippen LogP contribution in [0.4, 0.5) is 10.5 Å². The summed E-state index contributed by atoms with van der Waals surface area (Å²) in [4.78, 5) is 14.3. The first kappa shape index (κ1) is 15.8. The topological polar surface area (TPSA) is 44.4 Å². The van der Waals surface area contributed by atoms with Gasteiger partial charge in [-0.15, -0.1) is 0 Å². The Morgan fingerprint density at radius 1 is 1.48 bits per heavy atom. The van der Waals surface area contributed by atoms with Gasteiger partial charge in [-0.3, -0.25) is 0 Å². The molecule has 1 fully saturated rings. The van der Waals surface area contributed by atoms with E-state index in [-0.39, 0.29) is 12.1 Å². The molecule has 1 saturated heterocycles. The number of carbonyl (C=O) groups is 1. The van der Waals surface area contributed by atoms with Crippen molar-refractivity contribution in [1.82, 2.24) is 10.2 Å². The van der Waals surface area contributed by atoms with Gasteiger partial charge in [0.1, 0.15) is 0 Å². The first-order valence-electron chi connectivity index (χ1n) is 7.97. The molecule has 2 atom stereocenters. The third-order valence-electron chi connectivity index (χ3n) is 4.45. The fraction of sp³-hybridized carbons (Fsp3) is 0.588. The quantitative estimate of drug-likeness (QED) is 0.889. The number of hydrogen-bond donors (Lipinski definition) is 2. The van der Waals surface area contributed by atoms with Gasteiger partial charge in [0, 0.05) is 24.8 Å². The number of carbonyl (C=O) groups excluding carboxylic acids is 1. The van der Waals surface area contributed by atoms with E-state index in [9.17, 15) is 4.79 Å². The molecule has 116 valence electrons. The third-order valence-corrected chi connectivity index (χ3v) is 4.45. The van der Waals surface area contributed by atoms with Gasteiger partial charge < -0.3 is 15.5 Å². The van der Waals surface area contributed by atoms with Crippen molar-refractivity contribution in [2.24, 2.45) is 5.92 Å². The van der Waals surface area contributed by atoms with Gasteiger partial charge >= 0.3 is 6.03 Å². The molecule has 0 saturated carbocycles. The highest BCUT2D eigenvalue weighted by atomic mass is 16.2. The maximum atomic E-state index is 12.4. The first-order valence-corrected chi connectivity index (χ1v) is 7.97. The lowest BCUT2D eigenvalue weighted by atomic mass is 9.96. The van der Waals surface area contributed by atoms with Gasteiger partial charge in [-0.2, -0.15) is 0 Å². The van der Waals surface area contributed by atoms with Crippen LogP contribution in [0.2, 0.25) is 0 Å². The van der Waals surface area contributed by atoms with Crippen LogP contribution in [-0.4, -0.2) is 31.1 Å². The highest BCUT2D eigenvalue weighted by molar-refractivity contribution is 5.89. The number of anilines is 1. The number of rotatable bonds is 4. The van der Waals surface area contributed by atoms with E-state index in [1.54, 1.807) is 0 Å². The molecule has 0 spiro atoms. The van der Waals surface area contributed by atoms with Gasteiger partial charge in [0.15, 0.2) is 0 Å². The number of likely N-dealkylation sites (tertiary alicyclic amines) is 1. The summed E-state index contributed by atoms with van der Waals surface area (Å²) in [5.41, 5.74) is 2.05. The number of urea groups is 1. The summed E-state index contributed by atoms with van der Waals surface area (Å²) in [6.45, 7) is 6.07. The molecule has 1 aliphatic rings. The number of benzene rings is 1. The van der Waals surface area contributed by atoms with E-state index in [0.29, 0.717) is 5.92 Å². The van der Waals surface area contributed by atoms with Crippen LogP contribution in [0.25, 0.3) is 0 Å². The van der Waals surface area contributed by atoms with Crippen LogP contribution in [0.3, 0.4) is 0 Å². The van der Waals surface area contributed by atoms with Crippen molar-refractivity contribution in [3.05, 3.63) is 29.8 Å². The van der Waals surface area contributed by atoms with E-state index in [2.05, 4.69) is 30.5 Å². The van der Waals surface area contributed by atoms with Crippen LogP contribution >= 0.6 is 0 Å². The minimum Gasteiger partial charge on any atom is -0.324 e.